The molecule has 0 aliphatic carbocycles. The van der Waals surface area contributed by atoms with Gasteiger partial charge in [-0.05, 0) is 18.2 Å². The Morgan fingerprint density at radius 2 is 2.24 bits per heavy atom. The van der Waals surface area contributed by atoms with Crippen LogP contribution in [0.2, 0.25) is 0 Å². The largest absolute Gasteiger partial charge is 0.478 e. The summed E-state index contributed by atoms with van der Waals surface area (Å²) >= 11 is 0. The van der Waals surface area contributed by atoms with Crippen molar-refractivity contribution in [2.45, 2.75) is 0 Å². The molecular weight excluding hydrogens is 220 g/mol. The number of hydrogen-bond donors (Lipinski definition) is 3. The van der Waals surface area contributed by atoms with Gasteiger partial charge in [0, 0.05) is 17.1 Å². The quantitative estimate of drug-likeness (QED) is 0.621. The van der Waals surface area contributed by atoms with Crippen LogP contribution in [0.1, 0.15) is 10.4 Å². The van der Waals surface area contributed by atoms with E-state index >= 15 is 0 Å². The third kappa shape index (κ3) is 1.46. The minimum Gasteiger partial charge on any atom is -0.478 e. The second-order valence-electron chi connectivity index (χ2n) is 3.62. The highest BCUT2D eigenvalue weighted by molar-refractivity contribution is 5.97. The van der Waals surface area contributed by atoms with Gasteiger partial charge in [-0.1, -0.05) is 0 Å². The van der Waals surface area contributed by atoms with Gasteiger partial charge < -0.3 is 5.11 Å². The molecule has 2 aromatic heterocycles. The first kappa shape index (κ1) is 9.59. The number of rotatable bonds is 2. The fraction of sp³-hybridized carbons (Fsp3) is 0. The average molecular weight is 228 g/mol. The number of nitrogens with one attached hydrogen (secondary N) is 2. The Labute approximate surface area is 95.3 Å². The van der Waals surface area contributed by atoms with Crippen LogP contribution >= 0.6 is 0 Å². The maximum Gasteiger partial charge on any atom is 0.335 e. The molecule has 0 saturated carbocycles. The molecule has 6 heteroatoms. The minimum absolute atomic E-state index is 0.236. The van der Waals surface area contributed by atoms with Crippen molar-refractivity contribution in [3.05, 3.63) is 36.2 Å². The molecule has 0 fully saturated rings. The van der Waals surface area contributed by atoms with E-state index in [0.29, 0.717) is 5.52 Å². The van der Waals surface area contributed by atoms with Gasteiger partial charge in [0.2, 0.25) is 0 Å². The number of aromatic nitrogens is 4. The van der Waals surface area contributed by atoms with Crippen molar-refractivity contribution >= 4 is 16.9 Å². The molecule has 0 bridgehead atoms. The monoisotopic (exact) mass is 228 g/mol. The number of H-pyrrole nitrogens is 2. The molecule has 3 aromatic rings. The molecule has 0 radical (unpaired) electrons. The van der Waals surface area contributed by atoms with E-state index in [-0.39, 0.29) is 5.56 Å². The van der Waals surface area contributed by atoms with Crippen LogP contribution in [-0.2, 0) is 0 Å². The zero-order valence-corrected chi connectivity index (χ0v) is 8.64. The topological polar surface area (TPSA) is 94.7 Å². The molecule has 84 valence electrons. The highest BCUT2D eigenvalue weighted by atomic mass is 16.4. The molecule has 0 atom stereocenters. The molecule has 0 unspecified atom stereocenters. The molecular formula is C11H8N4O2. The fourth-order valence-electron chi connectivity index (χ4n) is 1.75. The first-order valence-electron chi connectivity index (χ1n) is 4.96. The molecule has 1 aromatic carbocycles. The van der Waals surface area contributed by atoms with Crippen molar-refractivity contribution in [1.82, 2.24) is 20.4 Å². The van der Waals surface area contributed by atoms with E-state index in [1.807, 2.05) is 0 Å². The first-order chi connectivity index (χ1) is 8.25. The zero-order valence-electron chi connectivity index (χ0n) is 8.64. The van der Waals surface area contributed by atoms with Gasteiger partial charge >= 0.3 is 5.97 Å². The van der Waals surface area contributed by atoms with Crippen LogP contribution < -0.4 is 0 Å². The summed E-state index contributed by atoms with van der Waals surface area (Å²) in [5.41, 5.74) is 2.55. The lowest BCUT2D eigenvalue weighted by Gasteiger charge is -1.95. The molecule has 2 heterocycles. The predicted octanol–water partition coefficient (Wildman–Crippen LogP) is 1.65. The number of nitrogens with zero attached hydrogens (tertiary/aromatic N) is 2. The predicted molar refractivity (Wildman–Crippen MR) is 60.6 cm³/mol. The number of aromatic carboxylic acids is 1. The number of benzene rings is 1. The normalized spacial score (nSPS) is 10.8. The van der Waals surface area contributed by atoms with Crippen molar-refractivity contribution in [3.63, 3.8) is 0 Å². The van der Waals surface area contributed by atoms with Crippen LogP contribution in [0.5, 0.6) is 0 Å². The van der Waals surface area contributed by atoms with Gasteiger partial charge in [0.25, 0.3) is 0 Å². The standard InChI is InChI=1S/C11H8N4O2/c16-11(17)6-1-2-8-9(3-6)14-15-10(8)7-4-12-13-5-7/h1-5H,(H,12,13)(H,14,15)(H,16,17). The van der Waals surface area contributed by atoms with Crippen LogP contribution in [0.4, 0.5) is 0 Å². The SMILES string of the molecule is O=C(O)c1ccc2c(-c3cn[nH]c3)n[nH]c2c1. The Kier molecular flexibility index (Phi) is 1.94. The summed E-state index contributed by atoms with van der Waals surface area (Å²) in [6, 6.07) is 4.86. The summed E-state index contributed by atoms with van der Waals surface area (Å²) in [6.45, 7) is 0. The Bertz CT molecular complexity index is 685. The van der Waals surface area contributed by atoms with Gasteiger partial charge in [0.15, 0.2) is 0 Å². The van der Waals surface area contributed by atoms with Crippen molar-refractivity contribution in [3.8, 4) is 11.3 Å². The second-order valence-corrected chi connectivity index (χ2v) is 3.62. The number of carboxylic acid groups (broad SMARTS) is 1. The minimum atomic E-state index is -0.952. The molecule has 0 aliphatic rings. The number of carbonyl (C=O) groups is 1. The van der Waals surface area contributed by atoms with E-state index in [0.717, 1.165) is 16.6 Å². The lowest BCUT2D eigenvalue weighted by molar-refractivity contribution is 0.0697. The Morgan fingerprint density at radius 1 is 1.35 bits per heavy atom. The lowest BCUT2D eigenvalue weighted by atomic mass is 10.1. The van der Waals surface area contributed by atoms with Crippen molar-refractivity contribution in [1.29, 1.82) is 0 Å². The summed E-state index contributed by atoms with van der Waals surface area (Å²) < 4.78 is 0. The number of fused-ring (bicyclic) bond motifs is 1. The summed E-state index contributed by atoms with van der Waals surface area (Å²) in [4.78, 5) is 10.8. The number of hydrogen-bond acceptors (Lipinski definition) is 3. The summed E-state index contributed by atoms with van der Waals surface area (Å²) in [5.74, 6) is -0.952. The van der Waals surface area contributed by atoms with Crippen molar-refractivity contribution < 1.29 is 9.90 Å². The van der Waals surface area contributed by atoms with Gasteiger partial charge in [0.05, 0.1) is 17.3 Å². The van der Waals surface area contributed by atoms with E-state index in [4.69, 9.17) is 5.11 Å². The average Bonchev–Trinajstić information content (AvgIpc) is 2.96. The molecule has 0 amide bonds. The van der Waals surface area contributed by atoms with Gasteiger partial charge in [-0.15, -0.1) is 0 Å². The van der Waals surface area contributed by atoms with Crippen LogP contribution in [-0.4, -0.2) is 31.5 Å². The number of carboxylic acids is 1. The first-order valence-corrected chi connectivity index (χ1v) is 4.96. The van der Waals surface area contributed by atoms with E-state index in [1.165, 1.54) is 0 Å². The molecule has 3 N–H and O–H groups in total. The molecule has 3 rings (SSSR count). The second kappa shape index (κ2) is 3.44. The summed E-state index contributed by atoms with van der Waals surface area (Å²) in [7, 11) is 0. The van der Waals surface area contributed by atoms with Gasteiger partial charge in [-0.3, -0.25) is 10.2 Å². The lowest BCUT2D eigenvalue weighted by Crippen LogP contribution is -1.94. The third-order valence-electron chi connectivity index (χ3n) is 2.58. The van der Waals surface area contributed by atoms with Crippen LogP contribution in [0, 0.1) is 0 Å². The van der Waals surface area contributed by atoms with E-state index in [9.17, 15) is 4.79 Å². The van der Waals surface area contributed by atoms with Crippen LogP contribution in [0.3, 0.4) is 0 Å². The highest BCUT2D eigenvalue weighted by Gasteiger charge is 2.11. The molecule has 0 saturated heterocycles. The van der Waals surface area contributed by atoms with Crippen LogP contribution in [0.25, 0.3) is 22.2 Å². The van der Waals surface area contributed by atoms with E-state index in [2.05, 4.69) is 20.4 Å². The molecule has 0 aliphatic heterocycles. The summed E-state index contributed by atoms with van der Waals surface area (Å²) in [5, 5.41) is 23.3. The fourth-order valence-corrected chi connectivity index (χ4v) is 1.75. The Balaban J connectivity index is 2.21. The number of aromatic amines is 2. The van der Waals surface area contributed by atoms with E-state index in [1.54, 1.807) is 30.6 Å². The smallest absolute Gasteiger partial charge is 0.335 e. The van der Waals surface area contributed by atoms with Gasteiger partial charge in [-0.25, -0.2) is 4.79 Å². The van der Waals surface area contributed by atoms with Gasteiger partial charge in [0.1, 0.15) is 5.69 Å². The van der Waals surface area contributed by atoms with Crippen LogP contribution in [0.15, 0.2) is 30.6 Å². The molecule has 0 spiro atoms. The van der Waals surface area contributed by atoms with Crippen molar-refractivity contribution in [2.75, 3.05) is 0 Å². The Hall–Kier alpha value is -2.63. The van der Waals surface area contributed by atoms with E-state index < -0.39 is 5.97 Å². The maximum absolute atomic E-state index is 10.8. The molecule has 17 heavy (non-hydrogen) atoms. The highest BCUT2D eigenvalue weighted by Crippen LogP contribution is 2.25. The van der Waals surface area contributed by atoms with Crippen molar-refractivity contribution in [2.24, 2.45) is 0 Å². The summed E-state index contributed by atoms with van der Waals surface area (Å²) in [6.07, 6.45) is 3.40. The Morgan fingerprint density at radius 3 is 2.94 bits per heavy atom. The molecule has 6 nitrogen and oxygen atoms in total. The third-order valence-corrected chi connectivity index (χ3v) is 2.58. The maximum atomic E-state index is 10.8. The zero-order chi connectivity index (χ0) is 11.8. The van der Waals surface area contributed by atoms with Gasteiger partial charge in [-0.2, -0.15) is 10.2 Å².